The number of benzene rings is 1. The lowest BCUT2D eigenvalue weighted by Gasteiger charge is -2.07. The quantitative estimate of drug-likeness (QED) is 0.878. The molecule has 2 rings (SSSR count). The van der Waals surface area contributed by atoms with Crippen LogP contribution in [0.5, 0.6) is 5.75 Å². The minimum absolute atomic E-state index is 0.0248. The number of hydrogen-bond donors (Lipinski definition) is 1. The van der Waals surface area contributed by atoms with Crippen molar-refractivity contribution in [1.82, 2.24) is 9.88 Å². The Morgan fingerprint density at radius 1 is 1.33 bits per heavy atom. The van der Waals surface area contributed by atoms with Crippen LogP contribution in [0.25, 0.3) is 10.9 Å². The van der Waals surface area contributed by atoms with Crippen molar-refractivity contribution in [3.8, 4) is 5.75 Å². The predicted octanol–water partition coefficient (Wildman–Crippen LogP) is 2.18. The fourth-order valence-corrected chi connectivity index (χ4v) is 2.02. The molecule has 1 aromatic carbocycles. The lowest BCUT2D eigenvalue weighted by molar-refractivity contribution is -0.121. The SMILES string of the molecule is CCNC(=O)Cn1ccc2c(OCC)cccc21. The lowest BCUT2D eigenvalue weighted by atomic mass is 10.2. The van der Waals surface area contributed by atoms with Crippen molar-refractivity contribution in [2.24, 2.45) is 0 Å². The molecule has 2 aromatic rings. The number of hydrogen-bond acceptors (Lipinski definition) is 2. The molecule has 4 nitrogen and oxygen atoms in total. The van der Waals surface area contributed by atoms with Crippen molar-refractivity contribution in [2.75, 3.05) is 13.2 Å². The average Bonchev–Trinajstić information content (AvgIpc) is 2.74. The molecule has 0 fully saturated rings. The number of rotatable bonds is 5. The van der Waals surface area contributed by atoms with E-state index in [-0.39, 0.29) is 5.91 Å². The molecule has 0 spiro atoms. The van der Waals surface area contributed by atoms with E-state index in [0.29, 0.717) is 19.7 Å². The molecule has 1 heterocycles. The van der Waals surface area contributed by atoms with Gasteiger partial charge in [0.1, 0.15) is 12.3 Å². The largest absolute Gasteiger partial charge is 0.493 e. The Labute approximate surface area is 107 Å². The van der Waals surface area contributed by atoms with E-state index in [1.165, 1.54) is 0 Å². The highest BCUT2D eigenvalue weighted by molar-refractivity contribution is 5.88. The van der Waals surface area contributed by atoms with Gasteiger partial charge in [-0.3, -0.25) is 4.79 Å². The molecule has 0 bridgehead atoms. The van der Waals surface area contributed by atoms with E-state index in [4.69, 9.17) is 4.74 Å². The summed E-state index contributed by atoms with van der Waals surface area (Å²) in [5.74, 6) is 0.890. The van der Waals surface area contributed by atoms with E-state index in [9.17, 15) is 4.79 Å². The van der Waals surface area contributed by atoms with Crippen LogP contribution in [0.1, 0.15) is 13.8 Å². The van der Waals surface area contributed by atoms with Crippen LogP contribution in [0.4, 0.5) is 0 Å². The van der Waals surface area contributed by atoms with Crippen molar-refractivity contribution in [3.63, 3.8) is 0 Å². The van der Waals surface area contributed by atoms with Crippen LogP contribution in [0.15, 0.2) is 30.5 Å². The summed E-state index contributed by atoms with van der Waals surface area (Å²) in [5, 5.41) is 3.84. The van der Waals surface area contributed by atoms with Gasteiger partial charge in [-0.25, -0.2) is 0 Å². The first-order valence-corrected chi connectivity index (χ1v) is 6.23. The van der Waals surface area contributed by atoms with Gasteiger partial charge in [-0.15, -0.1) is 0 Å². The molecule has 0 atom stereocenters. The van der Waals surface area contributed by atoms with E-state index in [1.54, 1.807) is 0 Å². The summed E-state index contributed by atoms with van der Waals surface area (Å²) in [6, 6.07) is 7.88. The predicted molar refractivity (Wildman–Crippen MR) is 71.8 cm³/mol. The fourth-order valence-electron chi connectivity index (χ4n) is 2.02. The minimum atomic E-state index is 0.0248. The molecule has 0 aliphatic carbocycles. The first-order valence-electron chi connectivity index (χ1n) is 6.23. The van der Waals surface area contributed by atoms with Crippen LogP contribution >= 0.6 is 0 Å². The fraction of sp³-hybridized carbons (Fsp3) is 0.357. The van der Waals surface area contributed by atoms with Crippen LogP contribution in [-0.2, 0) is 11.3 Å². The molecular formula is C14H18N2O2. The molecule has 1 amide bonds. The maximum absolute atomic E-state index is 11.6. The highest BCUT2D eigenvalue weighted by atomic mass is 16.5. The zero-order chi connectivity index (χ0) is 13.0. The summed E-state index contributed by atoms with van der Waals surface area (Å²) in [4.78, 5) is 11.6. The van der Waals surface area contributed by atoms with Crippen molar-refractivity contribution in [1.29, 1.82) is 0 Å². The second kappa shape index (κ2) is 5.58. The number of amides is 1. The van der Waals surface area contributed by atoms with E-state index < -0.39 is 0 Å². The summed E-state index contributed by atoms with van der Waals surface area (Å²) >= 11 is 0. The number of likely N-dealkylation sites (N-methyl/N-ethyl adjacent to an activating group) is 1. The Kier molecular flexibility index (Phi) is 3.87. The van der Waals surface area contributed by atoms with Crippen LogP contribution < -0.4 is 10.1 Å². The molecule has 0 radical (unpaired) electrons. The maximum atomic E-state index is 11.6. The number of ether oxygens (including phenoxy) is 1. The standard InChI is InChI=1S/C14H18N2O2/c1-3-15-14(17)10-16-9-8-11-12(16)6-5-7-13(11)18-4-2/h5-9H,3-4,10H2,1-2H3,(H,15,17). The Hall–Kier alpha value is -1.97. The van der Waals surface area contributed by atoms with Crippen LogP contribution in [0.3, 0.4) is 0 Å². The average molecular weight is 246 g/mol. The van der Waals surface area contributed by atoms with Gasteiger partial charge in [0.2, 0.25) is 5.91 Å². The van der Waals surface area contributed by atoms with Gasteiger partial charge in [-0.05, 0) is 32.0 Å². The van der Waals surface area contributed by atoms with Gasteiger partial charge in [0, 0.05) is 18.1 Å². The van der Waals surface area contributed by atoms with E-state index in [2.05, 4.69) is 5.32 Å². The van der Waals surface area contributed by atoms with E-state index >= 15 is 0 Å². The van der Waals surface area contributed by atoms with Gasteiger partial charge in [0.15, 0.2) is 0 Å². The topological polar surface area (TPSA) is 43.3 Å². The number of fused-ring (bicyclic) bond motifs is 1. The van der Waals surface area contributed by atoms with Crippen LogP contribution in [0.2, 0.25) is 0 Å². The van der Waals surface area contributed by atoms with Crippen molar-refractivity contribution in [2.45, 2.75) is 20.4 Å². The third kappa shape index (κ3) is 2.47. The number of nitrogens with one attached hydrogen (secondary N) is 1. The highest BCUT2D eigenvalue weighted by Gasteiger charge is 2.08. The summed E-state index contributed by atoms with van der Waals surface area (Å²) in [6.45, 7) is 5.51. The smallest absolute Gasteiger partial charge is 0.239 e. The summed E-state index contributed by atoms with van der Waals surface area (Å²) < 4.78 is 7.50. The monoisotopic (exact) mass is 246 g/mol. The van der Waals surface area contributed by atoms with Crippen LogP contribution in [0, 0.1) is 0 Å². The lowest BCUT2D eigenvalue weighted by Crippen LogP contribution is -2.26. The third-order valence-electron chi connectivity index (χ3n) is 2.76. The third-order valence-corrected chi connectivity index (χ3v) is 2.76. The Morgan fingerprint density at radius 2 is 2.17 bits per heavy atom. The molecule has 0 saturated heterocycles. The molecule has 0 saturated carbocycles. The van der Waals surface area contributed by atoms with Gasteiger partial charge in [-0.1, -0.05) is 6.07 Å². The Morgan fingerprint density at radius 3 is 2.89 bits per heavy atom. The van der Waals surface area contributed by atoms with E-state index in [1.807, 2.05) is 48.9 Å². The highest BCUT2D eigenvalue weighted by Crippen LogP contribution is 2.26. The van der Waals surface area contributed by atoms with Gasteiger partial charge in [0.25, 0.3) is 0 Å². The summed E-state index contributed by atoms with van der Waals surface area (Å²) in [7, 11) is 0. The molecule has 1 N–H and O–H groups in total. The zero-order valence-corrected chi connectivity index (χ0v) is 10.8. The normalized spacial score (nSPS) is 10.6. The van der Waals surface area contributed by atoms with E-state index in [0.717, 1.165) is 16.7 Å². The molecule has 0 aliphatic rings. The van der Waals surface area contributed by atoms with Gasteiger partial charge in [-0.2, -0.15) is 0 Å². The van der Waals surface area contributed by atoms with Crippen LogP contribution in [-0.4, -0.2) is 23.6 Å². The van der Waals surface area contributed by atoms with Crippen molar-refractivity contribution >= 4 is 16.8 Å². The number of carbonyl (C=O) groups is 1. The first-order chi connectivity index (χ1) is 8.76. The number of nitrogens with zero attached hydrogens (tertiary/aromatic N) is 1. The molecule has 0 unspecified atom stereocenters. The number of aromatic nitrogens is 1. The zero-order valence-electron chi connectivity index (χ0n) is 10.8. The summed E-state index contributed by atoms with van der Waals surface area (Å²) in [5.41, 5.74) is 1.02. The minimum Gasteiger partial charge on any atom is -0.493 e. The van der Waals surface area contributed by atoms with Crippen molar-refractivity contribution < 1.29 is 9.53 Å². The van der Waals surface area contributed by atoms with Gasteiger partial charge < -0.3 is 14.6 Å². The van der Waals surface area contributed by atoms with Gasteiger partial charge in [0.05, 0.1) is 12.1 Å². The molecular weight excluding hydrogens is 228 g/mol. The van der Waals surface area contributed by atoms with Gasteiger partial charge >= 0.3 is 0 Å². The molecule has 1 aromatic heterocycles. The second-order valence-corrected chi connectivity index (χ2v) is 4.02. The molecule has 4 heteroatoms. The number of carbonyl (C=O) groups excluding carboxylic acids is 1. The Balaban J connectivity index is 2.30. The summed E-state index contributed by atoms with van der Waals surface area (Å²) in [6.07, 6.45) is 1.92. The molecule has 18 heavy (non-hydrogen) atoms. The second-order valence-electron chi connectivity index (χ2n) is 4.02. The first kappa shape index (κ1) is 12.5. The Bertz CT molecular complexity index is 546. The van der Waals surface area contributed by atoms with Crippen molar-refractivity contribution in [3.05, 3.63) is 30.5 Å². The molecule has 96 valence electrons. The molecule has 0 aliphatic heterocycles. The maximum Gasteiger partial charge on any atom is 0.239 e.